The number of rotatable bonds is 5. The first-order valence-electron chi connectivity index (χ1n) is 6.60. The van der Waals surface area contributed by atoms with Gasteiger partial charge in [-0.25, -0.2) is 4.98 Å². The van der Waals surface area contributed by atoms with E-state index in [0.29, 0.717) is 11.2 Å². The molecule has 18 heavy (non-hydrogen) atoms. The topological polar surface area (TPSA) is 41.0 Å². The van der Waals surface area contributed by atoms with E-state index >= 15 is 0 Å². The lowest BCUT2D eigenvalue weighted by molar-refractivity contribution is 0.234. The van der Waals surface area contributed by atoms with Crippen molar-refractivity contribution in [2.75, 3.05) is 25.0 Å². The summed E-state index contributed by atoms with van der Waals surface area (Å²) in [6, 6.07) is 0.605. The third-order valence-corrected chi connectivity index (χ3v) is 3.40. The molecule has 1 atom stereocenters. The smallest absolute Gasteiger partial charge is 0.149 e. The molecule has 100 valence electrons. The van der Waals surface area contributed by atoms with Gasteiger partial charge in [0.15, 0.2) is 0 Å². The molecule has 0 saturated carbocycles. The molecule has 1 aliphatic rings. The summed E-state index contributed by atoms with van der Waals surface area (Å²) in [5.74, 6) is 1.48. The van der Waals surface area contributed by atoms with E-state index in [-0.39, 0.29) is 0 Å². The molecule has 2 heterocycles. The van der Waals surface area contributed by atoms with Gasteiger partial charge in [-0.05, 0) is 25.3 Å². The normalized spacial score (nSPS) is 20.6. The minimum absolute atomic E-state index is 0.436. The van der Waals surface area contributed by atoms with Gasteiger partial charge in [-0.1, -0.05) is 25.4 Å². The van der Waals surface area contributed by atoms with Gasteiger partial charge in [-0.15, -0.1) is 0 Å². The molecule has 0 aliphatic carbocycles. The minimum atomic E-state index is 0.436. The van der Waals surface area contributed by atoms with E-state index in [1.807, 2.05) is 0 Å². The van der Waals surface area contributed by atoms with E-state index in [4.69, 9.17) is 11.6 Å². The maximum atomic E-state index is 5.81. The summed E-state index contributed by atoms with van der Waals surface area (Å²) in [5, 5.41) is 3.77. The Hall–Kier alpha value is -0.870. The van der Waals surface area contributed by atoms with Crippen molar-refractivity contribution in [3.05, 3.63) is 17.5 Å². The SMILES string of the molecule is CC(C)CN1CCC[C@@H]1CNc1cncc(Cl)n1. The van der Waals surface area contributed by atoms with Gasteiger partial charge >= 0.3 is 0 Å². The van der Waals surface area contributed by atoms with Crippen LogP contribution in [0.25, 0.3) is 0 Å². The predicted molar refractivity (Wildman–Crippen MR) is 75.0 cm³/mol. The van der Waals surface area contributed by atoms with Crippen LogP contribution in [0.2, 0.25) is 5.15 Å². The van der Waals surface area contributed by atoms with Crippen molar-refractivity contribution in [1.29, 1.82) is 0 Å². The van der Waals surface area contributed by atoms with E-state index in [2.05, 4.69) is 34.0 Å². The lowest BCUT2D eigenvalue weighted by Crippen LogP contribution is -2.37. The van der Waals surface area contributed by atoms with E-state index < -0.39 is 0 Å². The highest BCUT2D eigenvalue weighted by atomic mass is 35.5. The first-order chi connectivity index (χ1) is 8.65. The molecule has 1 aromatic rings. The number of likely N-dealkylation sites (tertiary alicyclic amines) is 1. The predicted octanol–water partition coefficient (Wildman–Crippen LogP) is 2.66. The summed E-state index contributed by atoms with van der Waals surface area (Å²) in [5.41, 5.74) is 0. The molecule has 1 saturated heterocycles. The van der Waals surface area contributed by atoms with Crippen LogP contribution in [0.1, 0.15) is 26.7 Å². The van der Waals surface area contributed by atoms with Crippen molar-refractivity contribution >= 4 is 17.4 Å². The van der Waals surface area contributed by atoms with Gasteiger partial charge in [-0.2, -0.15) is 0 Å². The third kappa shape index (κ3) is 3.82. The molecule has 1 N–H and O–H groups in total. The lowest BCUT2D eigenvalue weighted by atomic mass is 10.1. The first-order valence-corrected chi connectivity index (χ1v) is 6.98. The Morgan fingerprint density at radius 3 is 3.06 bits per heavy atom. The van der Waals surface area contributed by atoms with E-state index in [9.17, 15) is 0 Å². The molecule has 4 nitrogen and oxygen atoms in total. The molecule has 0 bridgehead atoms. The van der Waals surface area contributed by atoms with Crippen molar-refractivity contribution in [3.8, 4) is 0 Å². The number of aromatic nitrogens is 2. The van der Waals surface area contributed by atoms with Gasteiger partial charge in [0.05, 0.1) is 12.4 Å². The zero-order chi connectivity index (χ0) is 13.0. The van der Waals surface area contributed by atoms with Gasteiger partial charge in [0, 0.05) is 19.1 Å². The van der Waals surface area contributed by atoms with Gasteiger partial charge in [0.1, 0.15) is 11.0 Å². The molecule has 0 aromatic carbocycles. The van der Waals surface area contributed by atoms with Crippen molar-refractivity contribution in [3.63, 3.8) is 0 Å². The zero-order valence-corrected chi connectivity index (χ0v) is 11.8. The number of halogens is 1. The average Bonchev–Trinajstić information content (AvgIpc) is 2.73. The van der Waals surface area contributed by atoms with E-state index in [1.165, 1.54) is 25.9 Å². The summed E-state index contributed by atoms with van der Waals surface area (Å²) in [7, 11) is 0. The highest BCUT2D eigenvalue weighted by Gasteiger charge is 2.24. The van der Waals surface area contributed by atoms with Crippen molar-refractivity contribution in [2.45, 2.75) is 32.7 Å². The average molecular weight is 269 g/mol. The molecular weight excluding hydrogens is 248 g/mol. The fourth-order valence-corrected chi connectivity index (χ4v) is 2.63. The number of hydrogen-bond acceptors (Lipinski definition) is 4. The van der Waals surface area contributed by atoms with Crippen LogP contribution in [0.3, 0.4) is 0 Å². The molecule has 0 radical (unpaired) electrons. The molecule has 2 rings (SSSR count). The lowest BCUT2D eigenvalue weighted by Gasteiger charge is -2.26. The zero-order valence-electron chi connectivity index (χ0n) is 11.1. The Morgan fingerprint density at radius 2 is 2.33 bits per heavy atom. The minimum Gasteiger partial charge on any atom is -0.367 e. The fourth-order valence-electron chi connectivity index (χ4n) is 2.49. The maximum absolute atomic E-state index is 5.81. The van der Waals surface area contributed by atoms with Crippen molar-refractivity contribution < 1.29 is 0 Å². The molecule has 5 heteroatoms. The molecule has 1 fully saturated rings. The second-order valence-electron chi connectivity index (χ2n) is 5.29. The van der Waals surface area contributed by atoms with Crippen molar-refractivity contribution in [2.24, 2.45) is 5.92 Å². The van der Waals surface area contributed by atoms with Gasteiger partial charge in [0.25, 0.3) is 0 Å². The quantitative estimate of drug-likeness (QED) is 0.891. The summed E-state index contributed by atoms with van der Waals surface area (Å²) < 4.78 is 0. The Morgan fingerprint density at radius 1 is 1.50 bits per heavy atom. The Labute approximate surface area is 114 Å². The largest absolute Gasteiger partial charge is 0.367 e. The molecule has 1 aromatic heterocycles. The Balaban J connectivity index is 1.85. The number of anilines is 1. The number of nitrogens with zero attached hydrogens (tertiary/aromatic N) is 3. The monoisotopic (exact) mass is 268 g/mol. The maximum Gasteiger partial charge on any atom is 0.149 e. The van der Waals surface area contributed by atoms with E-state index in [0.717, 1.165) is 18.3 Å². The standard InChI is InChI=1S/C13H21ClN4/c1-10(2)9-18-5-3-4-11(18)6-16-13-8-15-7-12(14)17-13/h7-8,10-11H,3-6,9H2,1-2H3,(H,16,17)/t11-/m1/s1. The molecule has 0 amide bonds. The van der Waals surface area contributed by atoms with Gasteiger partial charge in [0.2, 0.25) is 0 Å². The molecule has 0 spiro atoms. The van der Waals surface area contributed by atoms with Crippen LogP contribution < -0.4 is 5.32 Å². The first kappa shape index (κ1) is 13.6. The summed E-state index contributed by atoms with van der Waals surface area (Å²) in [6.07, 6.45) is 5.81. The van der Waals surface area contributed by atoms with Crippen LogP contribution in [0, 0.1) is 5.92 Å². The number of nitrogens with one attached hydrogen (secondary N) is 1. The highest BCUT2D eigenvalue weighted by molar-refractivity contribution is 6.29. The van der Waals surface area contributed by atoms with Gasteiger partial charge in [-0.3, -0.25) is 9.88 Å². The van der Waals surface area contributed by atoms with Crippen molar-refractivity contribution in [1.82, 2.24) is 14.9 Å². The summed E-state index contributed by atoms with van der Waals surface area (Å²) >= 11 is 5.81. The fraction of sp³-hybridized carbons (Fsp3) is 0.692. The van der Waals surface area contributed by atoms with E-state index in [1.54, 1.807) is 12.4 Å². The van der Waals surface area contributed by atoms with Crippen LogP contribution >= 0.6 is 11.6 Å². The Bertz CT molecular complexity index is 383. The Kier molecular flexibility index (Phi) is 4.78. The number of hydrogen-bond donors (Lipinski definition) is 1. The second kappa shape index (κ2) is 6.34. The highest BCUT2D eigenvalue weighted by Crippen LogP contribution is 2.19. The van der Waals surface area contributed by atoms with Crippen LogP contribution in [-0.4, -0.2) is 40.5 Å². The second-order valence-corrected chi connectivity index (χ2v) is 5.68. The molecule has 1 aliphatic heterocycles. The molecule has 0 unspecified atom stereocenters. The van der Waals surface area contributed by atoms with Crippen LogP contribution in [0.4, 0.5) is 5.82 Å². The van der Waals surface area contributed by atoms with Gasteiger partial charge < -0.3 is 5.32 Å². The van der Waals surface area contributed by atoms with Crippen LogP contribution in [0.5, 0.6) is 0 Å². The molecular formula is C13H21ClN4. The van der Waals surface area contributed by atoms with Crippen LogP contribution in [-0.2, 0) is 0 Å². The summed E-state index contributed by atoms with van der Waals surface area (Å²) in [4.78, 5) is 10.8. The third-order valence-electron chi connectivity index (χ3n) is 3.22. The van der Waals surface area contributed by atoms with Crippen LogP contribution in [0.15, 0.2) is 12.4 Å². The summed E-state index contributed by atoms with van der Waals surface area (Å²) in [6.45, 7) is 7.84.